The summed E-state index contributed by atoms with van der Waals surface area (Å²) in [6.45, 7) is 1.44. The van der Waals surface area contributed by atoms with Gasteiger partial charge in [0.05, 0.1) is 0 Å². The SMILES string of the molecule is CNCCC(=O)NCCCc1ncc[nH]1. The molecule has 0 aliphatic carbocycles. The predicted octanol–water partition coefficient (Wildman–Crippen LogP) is 0.0680. The number of aromatic amines is 1. The van der Waals surface area contributed by atoms with Gasteiger partial charge in [-0.3, -0.25) is 4.79 Å². The van der Waals surface area contributed by atoms with Gasteiger partial charge in [-0.05, 0) is 13.5 Å². The Kier molecular flexibility index (Phi) is 5.47. The van der Waals surface area contributed by atoms with Crippen LogP contribution >= 0.6 is 0 Å². The minimum Gasteiger partial charge on any atom is -0.356 e. The van der Waals surface area contributed by atoms with Crippen LogP contribution in [0.3, 0.4) is 0 Å². The summed E-state index contributed by atoms with van der Waals surface area (Å²) >= 11 is 0. The summed E-state index contributed by atoms with van der Waals surface area (Å²) in [5.41, 5.74) is 0. The number of H-pyrrole nitrogens is 1. The van der Waals surface area contributed by atoms with Gasteiger partial charge in [-0.2, -0.15) is 0 Å². The molecule has 1 aromatic rings. The molecular formula is C10H18N4O. The van der Waals surface area contributed by atoms with Crippen LogP contribution in [-0.2, 0) is 11.2 Å². The van der Waals surface area contributed by atoms with E-state index in [4.69, 9.17) is 0 Å². The second-order valence-electron chi connectivity index (χ2n) is 3.34. The van der Waals surface area contributed by atoms with Crippen molar-refractivity contribution in [3.63, 3.8) is 0 Å². The normalized spacial score (nSPS) is 10.2. The number of hydrogen-bond donors (Lipinski definition) is 3. The molecule has 1 rings (SSSR count). The highest BCUT2D eigenvalue weighted by Crippen LogP contribution is 1.93. The molecule has 0 saturated heterocycles. The largest absolute Gasteiger partial charge is 0.356 e. The molecule has 0 saturated carbocycles. The lowest BCUT2D eigenvalue weighted by Crippen LogP contribution is -2.27. The molecule has 0 radical (unpaired) electrons. The monoisotopic (exact) mass is 210 g/mol. The number of nitrogens with zero attached hydrogens (tertiary/aromatic N) is 1. The molecule has 1 heterocycles. The van der Waals surface area contributed by atoms with Crippen LogP contribution in [0.2, 0.25) is 0 Å². The number of hydrogen-bond acceptors (Lipinski definition) is 3. The molecule has 5 nitrogen and oxygen atoms in total. The van der Waals surface area contributed by atoms with E-state index in [-0.39, 0.29) is 5.91 Å². The number of amides is 1. The van der Waals surface area contributed by atoms with Crippen molar-refractivity contribution >= 4 is 5.91 Å². The molecule has 0 atom stereocenters. The van der Waals surface area contributed by atoms with E-state index in [1.165, 1.54) is 0 Å². The number of carbonyl (C=O) groups is 1. The predicted molar refractivity (Wildman–Crippen MR) is 58.5 cm³/mol. The smallest absolute Gasteiger partial charge is 0.221 e. The van der Waals surface area contributed by atoms with E-state index in [0.717, 1.165) is 25.2 Å². The summed E-state index contributed by atoms with van der Waals surface area (Å²) in [4.78, 5) is 18.3. The molecule has 5 heteroatoms. The van der Waals surface area contributed by atoms with Crippen LogP contribution < -0.4 is 10.6 Å². The van der Waals surface area contributed by atoms with E-state index < -0.39 is 0 Å². The van der Waals surface area contributed by atoms with E-state index in [0.29, 0.717) is 13.0 Å². The molecule has 0 bridgehead atoms. The molecule has 3 N–H and O–H groups in total. The second-order valence-corrected chi connectivity index (χ2v) is 3.34. The number of aromatic nitrogens is 2. The number of nitrogens with one attached hydrogen (secondary N) is 3. The third-order valence-corrected chi connectivity index (χ3v) is 2.07. The van der Waals surface area contributed by atoms with Gasteiger partial charge in [0.15, 0.2) is 0 Å². The molecular weight excluding hydrogens is 192 g/mol. The topological polar surface area (TPSA) is 69.8 Å². The average molecular weight is 210 g/mol. The highest BCUT2D eigenvalue weighted by molar-refractivity contribution is 5.75. The number of rotatable bonds is 7. The first-order valence-electron chi connectivity index (χ1n) is 5.22. The van der Waals surface area contributed by atoms with Gasteiger partial charge >= 0.3 is 0 Å². The fourth-order valence-electron chi connectivity index (χ4n) is 1.25. The lowest BCUT2D eigenvalue weighted by atomic mass is 10.3. The van der Waals surface area contributed by atoms with Gasteiger partial charge in [0.2, 0.25) is 5.91 Å². The fraction of sp³-hybridized carbons (Fsp3) is 0.600. The fourth-order valence-corrected chi connectivity index (χ4v) is 1.25. The average Bonchev–Trinajstić information content (AvgIpc) is 2.74. The van der Waals surface area contributed by atoms with Gasteiger partial charge in [0.1, 0.15) is 5.82 Å². The van der Waals surface area contributed by atoms with E-state index in [1.807, 2.05) is 7.05 Å². The molecule has 0 spiro atoms. The van der Waals surface area contributed by atoms with Gasteiger partial charge in [-0.1, -0.05) is 0 Å². The van der Waals surface area contributed by atoms with Gasteiger partial charge in [0, 0.05) is 38.3 Å². The maximum Gasteiger partial charge on any atom is 0.221 e. The zero-order chi connectivity index (χ0) is 10.9. The third-order valence-electron chi connectivity index (χ3n) is 2.07. The Hall–Kier alpha value is -1.36. The second kappa shape index (κ2) is 7.00. The maximum atomic E-state index is 11.2. The Bertz CT molecular complexity index is 271. The van der Waals surface area contributed by atoms with Crippen molar-refractivity contribution in [1.29, 1.82) is 0 Å². The molecule has 0 aliphatic heterocycles. The maximum absolute atomic E-state index is 11.2. The van der Waals surface area contributed by atoms with Crippen molar-refractivity contribution in [3.8, 4) is 0 Å². The molecule has 0 unspecified atom stereocenters. The molecule has 15 heavy (non-hydrogen) atoms. The summed E-state index contributed by atoms with van der Waals surface area (Å²) < 4.78 is 0. The number of carbonyl (C=O) groups excluding carboxylic acids is 1. The van der Waals surface area contributed by atoms with Crippen LogP contribution in [-0.4, -0.2) is 36.0 Å². The van der Waals surface area contributed by atoms with Crippen LogP contribution in [0, 0.1) is 0 Å². The Morgan fingerprint density at radius 2 is 2.40 bits per heavy atom. The number of imidazole rings is 1. The summed E-state index contributed by atoms with van der Waals surface area (Å²) in [6.07, 6.45) is 5.87. The van der Waals surface area contributed by atoms with Gasteiger partial charge in [-0.25, -0.2) is 4.98 Å². The molecule has 84 valence electrons. The number of aryl methyl sites for hydroxylation is 1. The molecule has 0 aliphatic rings. The van der Waals surface area contributed by atoms with Gasteiger partial charge in [-0.15, -0.1) is 0 Å². The van der Waals surface area contributed by atoms with Crippen LogP contribution in [0.5, 0.6) is 0 Å². The minimum atomic E-state index is 0.101. The summed E-state index contributed by atoms with van der Waals surface area (Å²) in [5.74, 6) is 1.07. The van der Waals surface area contributed by atoms with Crippen molar-refractivity contribution < 1.29 is 4.79 Å². The Balaban J connectivity index is 1.99. The zero-order valence-electron chi connectivity index (χ0n) is 9.05. The standard InChI is InChI=1S/C10H18N4O/c1-11-6-4-10(15)14-5-2-3-9-12-7-8-13-9/h7-8,11H,2-6H2,1H3,(H,12,13)(H,14,15). The first-order valence-corrected chi connectivity index (χ1v) is 5.22. The van der Waals surface area contributed by atoms with Crippen molar-refractivity contribution in [2.45, 2.75) is 19.3 Å². The van der Waals surface area contributed by atoms with Crippen LogP contribution in [0.1, 0.15) is 18.7 Å². The summed E-state index contributed by atoms with van der Waals surface area (Å²) in [5, 5.41) is 5.79. The Morgan fingerprint density at radius 3 is 3.07 bits per heavy atom. The first-order chi connectivity index (χ1) is 7.33. The van der Waals surface area contributed by atoms with Crippen molar-refractivity contribution in [2.24, 2.45) is 0 Å². The van der Waals surface area contributed by atoms with Gasteiger partial charge < -0.3 is 15.6 Å². The highest BCUT2D eigenvalue weighted by atomic mass is 16.1. The summed E-state index contributed by atoms with van der Waals surface area (Å²) in [6, 6.07) is 0. The molecule has 0 aromatic carbocycles. The molecule has 1 aromatic heterocycles. The van der Waals surface area contributed by atoms with Crippen molar-refractivity contribution in [2.75, 3.05) is 20.1 Å². The zero-order valence-corrected chi connectivity index (χ0v) is 9.05. The first kappa shape index (κ1) is 11.7. The van der Waals surface area contributed by atoms with E-state index >= 15 is 0 Å². The van der Waals surface area contributed by atoms with Crippen LogP contribution in [0.15, 0.2) is 12.4 Å². The van der Waals surface area contributed by atoms with E-state index in [2.05, 4.69) is 20.6 Å². The summed E-state index contributed by atoms with van der Waals surface area (Å²) in [7, 11) is 1.84. The van der Waals surface area contributed by atoms with Crippen molar-refractivity contribution in [3.05, 3.63) is 18.2 Å². The lowest BCUT2D eigenvalue weighted by molar-refractivity contribution is -0.120. The minimum absolute atomic E-state index is 0.101. The molecule has 1 amide bonds. The highest BCUT2D eigenvalue weighted by Gasteiger charge is 1.99. The van der Waals surface area contributed by atoms with E-state index in [9.17, 15) is 4.79 Å². The Labute approximate surface area is 89.7 Å². The quantitative estimate of drug-likeness (QED) is 0.558. The van der Waals surface area contributed by atoms with E-state index in [1.54, 1.807) is 12.4 Å². The lowest BCUT2D eigenvalue weighted by Gasteiger charge is -2.03. The van der Waals surface area contributed by atoms with Crippen LogP contribution in [0.4, 0.5) is 0 Å². The molecule has 0 fully saturated rings. The van der Waals surface area contributed by atoms with Gasteiger partial charge in [0.25, 0.3) is 0 Å². The van der Waals surface area contributed by atoms with Crippen molar-refractivity contribution in [1.82, 2.24) is 20.6 Å². The third kappa shape index (κ3) is 5.17. The Morgan fingerprint density at radius 1 is 1.53 bits per heavy atom. The van der Waals surface area contributed by atoms with Crippen LogP contribution in [0.25, 0.3) is 0 Å².